The van der Waals surface area contributed by atoms with E-state index in [4.69, 9.17) is 11.6 Å². The molecule has 0 saturated carbocycles. The number of nitrogens with one attached hydrogen (secondary N) is 1. The van der Waals surface area contributed by atoms with Crippen LogP contribution in [-0.2, 0) is 4.79 Å². The molecule has 0 bridgehead atoms. The van der Waals surface area contributed by atoms with E-state index in [1.165, 1.54) is 5.56 Å². The number of carbonyl (C=O) groups excluding carboxylic acids is 1. The fourth-order valence-electron chi connectivity index (χ4n) is 2.57. The number of hydrogen-bond acceptors (Lipinski definition) is 3. The SMILES string of the molecule is CNCC(=O)N1CC(c2ccc(Cl)cc2)Sc2ccccc21. The third-order valence-electron chi connectivity index (χ3n) is 3.64. The van der Waals surface area contributed by atoms with Crippen LogP contribution >= 0.6 is 23.4 Å². The maximum absolute atomic E-state index is 12.4. The van der Waals surface area contributed by atoms with Crippen LogP contribution in [0.1, 0.15) is 10.8 Å². The Morgan fingerprint density at radius 1 is 1.27 bits per heavy atom. The first-order valence-corrected chi connectivity index (χ1v) is 8.41. The van der Waals surface area contributed by atoms with Crippen LogP contribution in [0.3, 0.4) is 0 Å². The number of rotatable bonds is 3. The van der Waals surface area contributed by atoms with Crippen molar-refractivity contribution < 1.29 is 4.79 Å². The van der Waals surface area contributed by atoms with E-state index in [-0.39, 0.29) is 11.2 Å². The molecule has 0 fully saturated rings. The molecule has 1 aliphatic rings. The first-order chi connectivity index (χ1) is 10.7. The van der Waals surface area contributed by atoms with E-state index in [1.807, 2.05) is 47.4 Å². The van der Waals surface area contributed by atoms with Gasteiger partial charge in [0, 0.05) is 16.5 Å². The highest BCUT2D eigenvalue weighted by atomic mass is 35.5. The van der Waals surface area contributed by atoms with E-state index in [2.05, 4.69) is 11.4 Å². The maximum Gasteiger partial charge on any atom is 0.241 e. The number of carbonyl (C=O) groups is 1. The monoisotopic (exact) mass is 332 g/mol. The van der Waals surface area contributed by atoms with Crippen LogP contribution in [0.2, 0.25) is 5.02 Å². The number of anilines is 1. The first kappa shape index (κ1) is 15.4. The van der Waals surface area contributed by atoms with Crippen molar-refractivity contribution in [1.82, 2.24) is 5.32 Å². The number of nitrogens with zero attached hydrogens (tertiary/aromatic N) is 1. The van der Waals surface area contributed by atoms with E-state index >= 15 is 0 Å². The summed E-state index contributed by atoms with van der Waals surface area (Å²) in [5.74, 6) is 0.0919. The molecule has 1 heterocycles. The van der Waals surface area contributed by atoms with Gasteiger partial charge in [-0.15, -0.1) is 11.8 Å². The number of para-hydroxylation sites is 1. The summed E-state index contributed by atoms with van der Waals surface area (Å²) >= 11 is 7.77. The van der Waals surface area contributed by atoms with Crippen molar-refractivity contribution in [2.45, 2.75) is 10.1 Å². The molecule has 5 heteroatoms. The summed E-state index contributed by atoms with van der Waals surface area (Å²) in [5.41, 5.74) is 2.18. The molecule has 22 heavy (non-hydrogen) atoms. The highest BCUT2D eigenvalue weighted by Gasteiger charge is 2.29. The lowest BCUT2D eigenvalue weighted by atomic mass is 10.1. The van der Waals surface area contributed by atoms with Gasteiger partial charge in [-0.05, 0) is 36.9 Å². The summed E-state index contributed by atoms with van der Waals surface area (Å²) in [5, 5.41) is 3.89. The van der Waals surface area contributed by atoms with Gasteiger partial charge in [0.25, 0.3) is 0 Å². The van der Waals surface area contributed by atoms with Crippen molar-refractivity contribution in [2.75, 3.05) is 25.0 Å². The van der Waals surface area contributed by atoms with Gasteiger partial charge in [-0.25, -0.2) is 0 Å². The Kier molecular flexibility index (Phi) is 4.71. The van der Waals surface area contributed by atoms with E-state index in [0.717, 1.165) is 15.6 Å². The van der Waals surface area contributed by atoms with Crippen LogP contribution in [0.15, 0.2) is 53.4 Å². The third-order valence-corrected chi connectivity index (χ3v) is 5.20. The normalized spacial score (nSPS) is 17.2. The van der Waals surface area contributed by atoms with Gasteiger partial charge in [-0.3, -0.25) is 4.79 Å². The molecule has 3 nitrogen and oxygen atoms in total. The molecule has 1 amide bonds. The number of halogens is 1. The molecule has 1 N–H and O–H groups in total. The molecule has 0 radical (unpaired) electrons. The summed E-state index contributed by atoms with van der Waals surface area (Å²) in [4.78, 5) is 15.4. The summed E-state index contributed by atoms with van der Waals surface area (Å²) in [7, 11) is 1.79. The van der Waals surface area contributed by atoms with Crippen LogP contribution in [0, 0.1) is 0 Å². The van der Waals surface area contributed by atoms with Crippen LogP contribution in [0.25, 0.3) is 0 Å². The minimum absolute atomic E-state index is 0.0919. The van der Waals surface area contributed by atoms with Crippen molar-refractivity contribution >= 4 is 35.0 Å². The summed E-state index contributed by atoms with van der Waals surface area (Å²) in [6.07, 6.45) is 0. The molecule has 0 aliphatic carbocycles. The minimum atomic E-state index is 0.0919. The van der Waals surface area contributed by atoms with Crippen LogP contribution in [0.5, 0.6) is 0 Å². The molecule has 2 aromatic carbocycles. The molecular formula is C17H17ClN2OS. The number of thioether (sulfide) groups is 1. The van der Waals surface area contributed by atoms with Gasteiger partial charge in [0.2, 0.25) is 5.91 Å². The number of likely N-dealkylation sites (N-methyl/N-ethyl adjacent to an activating group) is 1. The third kappa shape index (κ3) is 3.14. The molecule has 2 aromatic rings. The van der Waals surface area contributed by atoms with Gasteiger partial charge in [-0.2, -0.15) is 0 Å². The zero-order valence-corrected chi connectivity index (χ0v) is 13.8. The molecule has 0 saturated heterocycles. The molecule has 3 rings (SSSR count). The van der Waals surface area contributed by atoms with Gasteiger partial charge in [0.05, 0.1) is 17.5 Å². The topological polar surface area (TPSA) is 32.3 Å². The second-order valence-electron chi connectivity index (χ2n) is 5.16. The first-order valence-electron chi connectivity index (χ1n) is 7.15. The second kappa shape index (κ2) is 6.73. The Morgan fingerprint density at radius 2 is 2.00 bits per heavy atom. The number of fused-ring (bicyclic) bond motifs is 1. The molecule has 1 atom stereocenters. The molecule has 114 valence electrons. The lowest BCUT2D eigenvalue weighted by molar-refractivity contribution is -0.117. The Hall–Kier alpha value is -1.49. The smallest absolute Gasteiger partial charge is 0.241 e. The van der Waals surface area contributed by atoms with Gasteiger partial charge in [-0.1, -0.05) is 35.9 Å². The van der Waals surface area contributed by atoms with Crippen molar-refractivity contribution in [3.05, 3.63) is 59.1 Å². The summed E-state index contributed by atoms with van der Waals surface area (Å²) < 4.78 is 0. The summed E-state index contributed by atoms with van der Waals surface area (Å²) in [6, 6.07) is 15.9. The minimum Gasteiger partial charge on any atom is -0.311 e. The average Bonchev–Trinajstić information content (AvgIpc) is 2.54. The van der Waals surface area contributed by atoms with Crippen molar-refractivity contribution in [3.63, 3.8) is 0 Å². The van der Waals surface area contributed by atoms with E-state index in [1.54, 1.807) is 18.8 Å². The molecular weight excluding hydrogens is 316 g/mol. The summed E-state index contributed by atoms with van der Waals surface area (Å²) in [6.45, 7) is 1.01. The Bertz CT molecular complexity index is 675. The average molecular weight is 333 g/mol. The Morgan fingerprint density at radius 3 is 2.73 bits per heavy atom. The Balaban J connectivity index is 1.94. The zero-order valence-electron chi connectivity index (χ0n) is 12.3. The number of amides is 1. The van der Waals surface area contributed by atoms with Gasteiger partial charge in [0.1, 0.15) is 0 Å². The highest BCUT2D eigenvalue weighted by Crippen LogP contribution is 2.45. The molecule has 0 spiro atoms. The second-order valence-corrected chi connectivity index (χ2v) is 6.84. The number of benzene rings is 2. The fourth-order valence-corrected chi connectivity index (χ4v) is 3.97. The maximum atomic E-state index is 12.4. The van der Waals surface area contributed by atoms with E-state index in [9.17, 15) is 4.79 Å². The van der Waals surface area contributed by atoms with E-state index in [0.29, 0.717) is 13.1 Å². The van der Waals surface area contributed by atoms with E-state index < -0.39 is 0 Å². The van der Waals surface area contributed by atoms with Crippen LogP contribution in [0.4, 0.5) is 5.69 Å². The lowest BCUT2D eigenvalue weighted by Crippen LogP contribution is -2.41. The van der Waals surface area contributed by atoms with Gasteiger partial charge >= 0.3 is 0 Å². The highest BCUT2D eigenvalue weighted by molar-refractivity contribution is 7.99. The molecule has 1 aliphatic heterocycles. The van der Waals surface area contributed by atoms with Gasteiger partial charge in [0.15, 0.2) is 0 Å². The zero-order chi connectivity index (χ0) is 15.5. The van der Waals surface area contributed by atoms with Crippen molar-refractivity contribution in [3.8, 4) is 0 Å². The predicted octanol–water partition coefficient (Wildman–Crippen LogP) is 3.74. The largest absolute Gasteiger partial charge is 0.311 e. The molecule has 1 unspecified atom stereocenters. The standard InChI is InChI=1S/C17H17ClN2OS/c1-19-10-17(21)20-11-16(12-6-8-13(18)9-7-12)22-15-5-3-2-4-14(15)20/h2-9,16,19H,10-11H2,1H3. The molecule has 0 aromatic heterocycles. The van der Waals surface area contributed by atoms with Crippen molar-refractivity contribution in [2.24, 2.45) is 0 Å². The Labute approximate surface area is 139 Å². The predicted molar refractivity (Wildman–Crippen MR) is 92.8 cm³/mol. The number of hydrogen-bond donors (Lipinski definition) is 1. The lowest BCUT2D eigenvalue weighted by Gasteiger charge is -2.34. The fraction of sp³-hybridized carbons (Fsp3) is 0.235. The van der Waals surface area contributed by atoms with Crippen LogP contribution in [-0.4, -0.2) is 26.0 Å². The van der Waals surface area contributed by atoms with Crippen LogP contribution < -0.4 is 10.2 Å². The van der Waals surface area contributed by atoms with Gasteiger partial charge < -0.3 is 10.2 Å². The quantitative estimate of drug-likeness (QED) is 0.929. The van der Waals surface area contributed by atoms with Crippen molar-refractivity contribution in [1.29, 1.82) is 0 Å².